The molecule has 1 amide bonds. The molecule has 0 saturated carbocycles. The second-order valence-corrected chi connectivity index (χ2v) is 11.4. The van der Waals surface area contributed by atoms with E-state index in [1.807, 2.05) is 0 Å². The first-order chi connectivity index (χ1) is 16.8. The van der Waals surface area contributed by atoms with Crippen LogP contribution >= 0.6 is 23.2 Å². The molecule has 192 valence electrons. The quantitative estimate of drug-likeness (QED) is 0.374. The number of fused-ring (bicyclic) bond motifs is 2. The van der Waals surface area contributed by atoms with Crippen molar-refractivity contribution in [3.63, 3.8) is 0 Å². The van der Waals surface area contributed by atoms with Gasteiger partial charge in [-0.05, 0) is 40.5 Å². The van der Waals surface area contributed by atoms with E-state index in [-0.39, 0.29) is 18.3 Å². The van der Waals surface area contributed by atoms with E-state index in [4.69, 9.17) is 32.7 Å². The molecule has 5 rings (SSSR count). The number of benzene rings is 2. The van der Waals surface area contributed by atoms with Gasteiger partial charge in [0.05, 0.1) is 36.0 Å². The van der Waals surface area contributed by atoms with Crippen molar-refractivity contribution < 1.29 is 36.0 Å². The average molecular weight is 564 g/mol. The molecule has 0 radical (unpaired) electrons. The Morgan fingerprint density at radius 1 is 1.17 bits per heavy atom. The third kappa shape index (κ3) is 4.02. The van der Waals surface area contributed by atoms with Gasteiger partial charge < -0.3 is 14.4 Å². The van der Waals surface area contributed by atoms with Crippen LogP contribution in [0.15, 0.2) is 36.6 Å². The van der Waals surface area contributed by atoms with Gasteiger partial charge in [0, 0.05) is 29.0 Å². The molecule has 5 nitrogen and oxygen atoms in total. The average Bonchev–Trinajstić information content (AvgIpc) is 3.38. The fraction of sp³-hybridized carbons (Fsp3) is 0.375. The lowest BCUT2D eigenvalue weighted by atomic mass is 9.82. The van der Waals surface area contributed by atoms with E-state index < -0.39 is 56.0 Å². The van der Waals surface area contributed by atoms with Crippen LogP contribution in [0.25, 0.3) is 5.57 Å². The van der Waals surface area contributed by atoms with Crippen molar-refractivity contribution in [2.75, 3.05) is 25.1 Å². The zero-order valence-corrected chi connectivity index (χ0v) is 21.1. The highest BCUT2D eigenvalue weighted by atomic mass is 35.5. The molecule has 2 unspecified atom stereocenters. The molecule has 1 saturated heterocycles. The van der Waals surface area contributed by atoms with Crippen molar-refractivity contribution >= 4 is 45.5 Å². The molecule has 3 heterocycles. The lowest BCUT2D eigenvalue weighted by Crippen LogP contribution is -2.61. The SMILES string of the molecule is CS(=O)CC(=O)N1CC2(C1)OCc1cc(C3=COC(c4cc(Cl)c(F)c(Cl)c4)(C(F)(F)F)C3)ccc12. The molecule has 0 bridgehead atoms. The third-order valence-corrected chi connectivity index (χ3v) is 8.00. The van der Waals surface area contributed by atoms with Crippen molar-refractivity contribution in [1.29, 1.82) is 0 Å². The van der Waals surface area contributed by atoms with Gasteiger partial charge in [-0.15, -0.1) is 0 Å². The molecule has 1 fully saturated rings. The Bertz CT molecular complexity index is 1300. The normalized spacial score (nSPS) is 23.2. The molecule has 12 heteroatoms. The van der Waals surface area contributed by atoms with Crippen LogP contribution in [0.3, 0.4) is 0 Å². The van der Waals surface area contributed by atoms with Gasteiger partial charge in [-0.25, -0.2) is 4.39 Å². The number of hydrogen-bond donors (Lipinski definition) is 0. The summed E-state index contributed by atoms with van der Waals surface area (Å²) in [6.45, 7) is 0.890. The maximum Gasteiger partial charge on any atom is 0.432 e. The number of carbonyl (C=O) groups is 1. The zero-order valence-electron chi connectivity index (χ0n) is 18.8. The first-order valence-corrected chi connectivity index (χ1v) is 13.3. The molecule has 2 aromatic rings. The minimum Gasteiger partial charge on any atom is -0.480 e. The van der Waals surface area contributed by atoms with Crippen LogP contribution in [0, 0.1) is 5.82 Å². The van der Waals surface area contributed by atoms with Crippen LogP contribution in [0.4, 0.5) is 17.6 Å². The zero-order chi connectivity index (χ0) is 26.0. The predicted molar refractivity (Wildman–Crippen MR) is 126 cm³/mol. The summed E-state index contributed by atoms with van der Waals surface area (Å²) in [4.78, 5) is 13.7. The van der Waals surface area contributed by atoms with Crippen LogP contribution in [0.1, 0.15) is 28.7 Å². The van der Waals surface area contributed by atoms with Crippen LogP contribution in [-0.2, 0) is 42.9 Å². The van der Waals surface area contributed by atoms with E-state index in [0.29, 0.717) is 24.2 Å². The molecule has 1 spiro atoms. The number of likely N-dealkylation sites (tertiary alicyclic amines) is 1. The summed E-state index contributed by atoms with van der Waals surface area (Å²) in [7, 11) is -1.24. The molecular weight excluding hydrogens is 545 g/mol. The van der Waals surface area contributed by atoms with Gasteiger partial charge in [-0.2, -0.15) is 13.2 Å². The van der Waals surface area contributed by atoms with Gasteiger partial charge in [0.1, 0.15) is 11.4 Å². The van der Waals surface area contributed by atoms with Crippen LogP contribution < -0.4 is 0 Å². The molecule has 2 aromatic carbocycles. The number of halogens is 6. The Morgan fingerprint density at radius 2 is 1.83 bits per heavy atom. The Labute approximate surface area is 216 Å². The Hall–Kier alpha value is -2.14. The lowest BCUT2D eigenvalue weighted by molar-refractivity contribution is -0.260. The summed E-state index contributed by atoms with van der Waals surface area (Å²) in [5.74, 6) is -1.27. The molecule has 2 atom stereocenters. The first kappa shape index (κ1) is 25.5. The number of amides is 1. The predicted octanol–water partition coefficient (Wildman–Crippen LogP) is 5.30. The molecule has 0 N–H and O–H groups in total. The second kappa shape index (κ2) is 8.72. The van der Waals surface area contributed by atoms with Gasteiger partial charge in [0.25, 0.3) is 0 Å². The summed E-state index contributed by atoms with van der Waals surface area (Å²) in [5.41, 5.74) is -1.35. The molecule has 0 aromatic heterocycles. The number of rotatable bonds is 4. The smallest absolute Gasteiger partial charge is 0.432 e. The monoisotopic (exact) mass is 563 g/mol. The second-order valence-electron chi connectivity index (χ2n) is 9.14. The van der Waals surface area contributed by atoms with Gasteiger partial charge in [-0.1, -0.05) is 35.3 Å². The number of ether oxygens (including phenoxy) is 2. The highest BCUT2D eigenvalue weighted by Crippen LogP contribution is 2.53. The topological polar surface area (TPSA) is 55.8 Å². The van der Waals surface area contributed by atoms with E-state index in [1.165, 1.54) is 6.26 Å². The fourth-order valence-corrected chi connectivity index (χ4v) is 5.92. The summed E-state index contributed by atoms with van der Waals surface area (Å²) >= 11 is 11.5. The number of nitrogens with zero attached hydrogens (tertiary/aromatic N) is 1. The maximum atomic E-state index is 14.3. The Kier molecular flexibility index (Phi) is 6.18. The van der Waals surface area contributed by atoms with E-state index in [0.717, 1.165) is 29.5 Å². The minimum absolute atomic E-state index is 0.0541. The molecule has 3 aliphatic heterocycles. The summed E-state index contributed by atoms with van der Waals surface area (Å²) in [6.07, 6.45) is -2.88. The van der Waals surface area contributed by atoms with Crippen molar-refractivity contribution in [3.8, 4) is 0 Å². The van der Waals surface area contributed by atoms with Crippen LogP contribution in [0.5, 0.6) is 0 Å². The van der Waals surface area contributed by atoms with Crippen molar-refractivity contribution in [2.45, 2.75) is 30.4 Å². The summed E-state index contributed by atoms with van der Waals surface area (Å²) in [5, 5.41) is -1.06. The van der Waals surface area contributed by atoms with E-state index in [1.54, 1.807) is 23.1 Å². The Balaban J connectivity index is 1.39. The number of alkyl halides is 3. The van der Waals surface area contributed by atoms with E-state index >= 15 is 0 Å². The lowest BCUT2D eigenvalue weighted by Gasteiger charge is -2.47. The number of carbonyl (C=O) groups excluding carboxylic acids is 1. The van der Waals surface area contributed by atoms with Crippen molar-refractivity contribution in [3.05, 3.63) is 74.7 Å². The van der Waals surface area contributed by atoms with Gasteiger partial charge in [0.2, 0.25) is 11.5 Å². The fourth-order valence-electron chi connectivity index (χ4n) is 4.91. The Morgan fingerprint density at radius 3 is 2.44 bits per heavy atom. The molecule has 0 aliphatic carbocycles. The van der Waals surface area contributed by atoms with Crippen molar-refractivity contribution in [2.24, 2.45) is 0 Å². The summed E-state index contributed by atoms with van der Waals surface area (Å²) in [6, 6.07) is 6.99. The van der Waals surface area contributed by atoms with Crippen LogP contribution in [0.2, 0.25) is 10.0 Å². The largest absolute Gasteiger partial charge is 0.480 e. The minimum atomic E-state index is -4.84. The van der Waals surface area contributed by atoms with Gasteiger partial charge in [0.15, 0.2) is 5.82 Å². The molecule has 36 heavy (non-hydrogen) atoms. The maximum absolute atomic E-state index is 14.3. The van der Waals surface area contributed by atoms with E-state index in [9.17, 15) is 26.6 Å². The van der Waals surface area contributed by atoms with Gasteiger partial charge in [-0.3, -0.25) is 9.00 Å². The summed E-state index contributed by atoms with van der Waals surface area (Å²) < 4.78 is 79.3. The molecule has 3 aliphatic rings. The standard InChI is InChI=1S/C24H19Cl2F4NO4S/c1-36(33)10-20(32)31-11-22(12-31)17-3-2-13(4-14(17)8-34-22)15-7-23(35-9-15,24(28,29)30)16-5-18(25)21(27)19(26)6-16/h2-6,9H,7-8,10-12H2,1H3. The van der Waals surface area contributed by atoms with E-state index in [2.05, 4.69) is 0 Å². The van der Waals surface area contributed by atoms with Crippen LogP contribution in [-0.4, -0.2) is 46.3 Å². The number of hydrogen-bond acceptors (Lipinski definition) is 4. The third-order valence-electron chi connectivity index (χ3n) is 6.79. The highest BCUT2D eigenvalue weighted by Gasteiger charge is 2.61. The van der Waals surface area contributed by atoms with Gasteiger partial charge >= 0.3 is 6.18 Å². The van der Waals surface area contributed by atoms with Crippen molar-refractivity contribution in [1.82, 2.24) is 4.90 Å². The highest BCUT2D eigenvalue weighted by molar-refractivity contribution is 7.85. The molecular formula is C24H19Cl2F4NO4S. The first-order valence-electron chi connectivity index (χ1n) is 10.8.